The van der Waals surface area contributed by atoms with Gasteiger partial charge in [-0.15, -0.1) is 0 Å². The van der Waals surface area contributed by atoms with Crippen molar-refractivity contribution in [3.63, 3.8) is 0 Å². The molecule has 25 heavy (non-hydrogen) atoms. The van der Waals surface area contributed by atoms with Crippen LogP contribution in [0.2, 0.25) is 0 Å². The Labute approximate surface area is 146 Å². The van der Waals surface area contributed by atoms with E-state index in [-0.39, 0.29) is 23.5 Å². The number of aryl methyl sites for hydroxylation is 1. The van der Waals surface area contributed by atoms with Gasteiger partial charge in [0, 0.05) is 18.4 Å². The molecule has 1 aromatic carbocycles. The first-order valence-electron chi connectivity index (χ1n) is 9.10. The van der Waals surface area contributed by atoms with Crippen LogP contribution in [0.4, 0.5) is 0 Å². The van der Waals surface area contributed by atoms with Gasteiger partial charge < -0.3 is 9.64 Å². The second kappa shape index (κ2) is 6.96. The third-order valence-corrected chi connectivity index (χ3v) is 5.35. The maximum atomic E-state index is 12.8. The van der Waals surface area contributed by atoms with Crippen molar-refractivity contribution in [2.45, 2.75) is 50.8 Å². The average molecular weight is 341 g/mol. The molecule has 2 unspecified atom stereocenters. The molecule has 1 aliphatic carbocycles. The maximum Gasteiger partial charge on any atom is 0.224 e. The van der Waals surface area contributed by atoms with Gasteiger partial charge in [-0.1, -0.05) is 25.0 Å². The van der Waals surface area contributed by atoms with Gasteiger partial charge in [0.15, 0.2) is 0 Å². The molecule has 1 aliphatic heterocycles. The monoisotopic (exact) mass is 341 g/mol. The fourth-order valence-corrected chi connectivity index (χ4v) is 4.09. The minimum atomic E-state index is -0.0867. The van der Waals surface area contributed by atoms with Crippen molar-refractivity contribution in [1.82, 2.24) is 14.7 Å². The van der Waals surface area contributed by atoms with Gasteiger partial charge in [-0.3, -0.25) is 14.3 Å². The van der Waals surface area contributed by atoms with Crippen LogP contribution in [0.25, 0.3) is 10.9 Å². The Hall–Kier alpha value is -2.21. The highest BCUT2D eigenvalue weighted by Crippen LogP contribution is 2.28. The van der Waals surface area contributed by atoms with Crippen LogP contribution in [-0.4, -0.2) is 45.9 Å². The minimum absolute atomic E-state index is 0.0867. The number of carbonyl (C=O) groups is 1. The Morgan fingerprint density at radius 2 is 2.08 bits per heavy atom. The topological polar surface area (TPSA) is 64.4 Å². The number of carbonyl (C=O) groups excluding carboxylic acids is 1. The highest BCUT2D eigenvalue weighted by Gasteiger charge is 2.36. The van der Waals surface area contributed by atoms with Gasteiger partial charge in [-0.2, -0.15) is 5.10 Å². The number of morpholine rings is 1. The smallest absolute Gasteiger partial charge is 0.224 e. The predicted molar refractivity (Wildman–Crippen MR) is 94.3 cm³/mol. The summed E-state index contributed by atoms with van der Waals surface area (Å²) in [6, 6.07) is 7.63. The van der Waals surface area contributed by atoms with E-state index in [2.05, 4.69) is 5.10 Å². The SMILES string of the molecule is O=C(CCn1ncc(=O)c2ccccc21)N1CCOC2CCCCC21. The van der Waals surface area contributed by atoms with E-state index in [0.29, 0.717) is 31.5 Å². The molecule has 2 aliphatic rings. The Balaban J connectivity index is 1.49. The summed E-state index contributed by atoms with van der Waals surface area (Å²) in [4.78, 5) is 26.7. The molecule has 2 aromatic rings. The number of nitrogens with zero attached hydrogens (tertiary/aromatic N) is 3. The third kappa shape index (κ3) is 3.18. The predicted octanol–water partition coefficient (Wildman–Crippen LogP) is 1.96. The Morgan fingerprint density at radius 1 is 1.24 bits per heavy atom. The zero-order valence-electron chi connectivity index (χ0n) is 14.3. The summed E-state index contributed by atoms with van der Waals surface area (Å²) in [6.07, 6.45) is 6.38. The zero-order valence-corrected chi connectivity index (χ0v) is 14.3. The van der Waals surface area contributed by atoms with E-state index in [0.717, 1.165) is 18.4 Å². The molecule has 0 N–H and O–H groups in total. The quantitative estimate of drug-likeness (QED) is 0.856. The van der Waals surface area contributed by atoms with Crippen molar-refractivity contribution >= 4 is 16.8 Å². The number of amides is 1. The largest absolute Gasteiger partial charge is 0.374 e. The van der Waals surface area contributed by atoms with Gasteiger partial charge in [0.2, 0.25) is 11.3 Å². The molecule has 4 rings (SSSR count). The Bertz CT molecular complexity index is 830. The van der Waals surface area contributed by atoms with Crippen LogP contribution in [-0.2, 0) is 16.1 Å². The normalized spacial score (nSPS) is 23.4. The lowest BCUT2D eigenvalue weighted by Gasteiger charge is -2.43. The first-order chi connectivity index (χ1) is 12.2. The van der Waals surface area contributed by atoms with Crippen LogP contribution in [0.15, 0.2) is 35.3 Å². The Morgan fingerprint density at radius 3 is 3.00 bits per heavy atom. The summed E-state index contributed by atoms with van der Waals surface area (Å²) in [6.45, 7) is 1.79. The van der Waals surface area contributed by atoms with Gasteiger partial charge in [-0.05, 0) is 25.0 Å². The lowest BCUT2D eigenvalue weighted by Crippen LogP contribution is -2.54. The van der Waals surface area contributed by atoms with Crippen molar-refractivity contribution < 1.29 is 9.53 Å². The van der Waals surface area contributed by atoms with Gasteiger partial charge in [0.25, 0.3) is 0 Å². The molecule has 6 nitrogen and oxygen atoms in total. The summed E-state index contributed by atoms with van der Waals surface area (Å²) in [7, 11) is 0. The standard InChI is InChI=1S/C19H23N3O3/c23-17-13-20-22(15-6-2-1-5-14(15)17)10-9-19(24)21-11-12-25-18-8-4-3-7-16(18)21/h1-2,5-6,13,16,18H,3-4,7-12H2. The van der Waals surface area contributed by atoms with Crippen molar-refractivity contribution in [1.29, 1.82) is 0 Å². The van der Waals surface area contributed by atoms with E-state index >= 15 is 0 Å². The number of para-hydroxylation sites is 1. The molecule has 132 valence electrons. The number of aromatic nitrogens is 2. The molecular weight excluding hydrogens is 318 g/mol. The molecular formula is C19H23N3O3. The van der Waals surface area contributed by atoms with Crippen LogP contribution < -0.4 is 5.43 Å². The first-order valence-corrected chi connectivity index (χ1v) is 9.10. The molecule has 6 heteroatoms. The molecule has 1 saturated heterocycles. The van der Waals surface area contributed by atoms with E-state index in [9.17, 15) is 9.59 Å². The van der Waals surface area contributed by atoms with E-state index in [1.54, 1.807) is 10.7 Å². The first kappa shape index (κ1) is 16.3. The lowest BCUT2D eigenvalue weighted by atomic mass is 9.90. The number of hydrogen-bond acceptors (Lipinski definition) is 4. The summed E-state index contributed by atoms with van der Waals surface area (Å²) in [5, 5.41) is 4.86. The molecule has 1 amide bonds. The Kier molecular flexibility index (Phi) is 4.53. The van der Waals surface area contributed by atoms with Gasteiger partial charge in [0.05, 0.1) is 37.0 Å². The second-order valence-corrected chi connectivity index (χ2v) is 6.85. The summed E-state index contributed by atoms with van der Waals surface area (Å²) in [5.41, 5.74) is 0.691. The van der Waals surface area contributed by atoms with Gasteiger partial charge in [0.1, 0.15) is 0 Å². The van der Waals surface area contributed by atoms with Gasteiger partial charge >= 0.3 is 0 Å². The minimum Gasteiger partial charge on any atom is -0.374 e. The van der Waals surface area contributed by atoms with Crippen molar-refractivity contribution in [2.24, 2.45) is 0 Å². The van der Waals surface area contributed by atoms with Crippen molar-refractivity contribution in [2.75, 3.05) is 13.2 Å². The molecule has 2 fully saturated rings. The lowest BCUT2D eigenvalue weighted by molar-refractivity contribution is -0.149. The number of benzene rings is 1. The van der Waals surface area contributed by atoms with Crippen molar-refractivity contribution in [3.05, 3.63) is 40.7 Å². The third-order valence-electron chi connectivity index (χ3n) is 5.35. The number of fused-ring (bicyclic) bond motifs is 2. The fourth-order valence-electron chi connectivity index (χ4n) is 4.09. The second-order valence-electron chi connectivity index (χ2n) is 6.85. The fraction of sp³-hybridized carbons (Fsp3) is 0.526. The molecule has 0 bridgehead atoms. The molecule has 1 aromatic heterocycles. The maximum absolute atomic E-state index is 12.8. The molecule has 2 heterocycles. The number of rotatable bonds is 3. The van der Waals surface area contributed by atoms with Crippen molar-refractivity contribution in [3.8, 4) is 0 Å². The average Bonchev–Trinajstić information content (AvgIpc) is 2.67. The molecule has 0 spiro atoms. The van der Waals surface area contributed by atoms with Crippen LogP contribution in [0.1, 0.15) is 32.1 Å². The van der Waals surface area contributed by atoms with Crippen LogP contribution >= 0.6 is 0 Å². The summed E-state index contributed by atoms with van der Waals surface area (Å²) in [5.74, 6) is 0.157. The van der Waals surface area contributed by atoms with E-state index < -0.39 is 0 Å². The molecule has 0 radical (unpaired) electrons. The van der Waals surface area contributed by atoms with E-state index in [1.165, 1.54) is 19.0 Å². The van der Waals surface area contributed by atoms with Crippen LogP contribution in [0.5, 0.6) is 0 Å². The van der Waals surface area contributed by atoms with Gasteiger partial charge in [-0.25, -0.2) is 0 Å². The molecule has 2 atom stereocenters. The summed E-state index contributed by atoms with van der Waals surface area (Å²) >= 11 is 0. The number of hydrogen-bond donors (Lipinski definition) is 0. The summed E-state index contributed by atoms with van der Waals surface area (Å²) < 4.78 is 7.61. The highest BCUT2D eigenvalue weighted by atomic mass is 16.5. The number of ether oxygens (including phenoxy) is 1. The highest BCUT2D eigenvalue weighted by molar-refractivity contribution is 5.79. The van der Waals surface area contributed by atoms with Crippen LogP contribution in [0.3, 0.4) is 0 Å². The zero-order chi connectivity index (χ0) is 17.2. The van der Waals surface area contributed by atoms with E-state index in [1.807, 2.05) is 23.1 Å². The van der Waals surface area contributed by atoms with E-state index in [4.69, 9.17) is 4.74 Å². The van der Waals surface area contributed by atoms with Crippen LogP contribution in [0, 0.1) is 0 Å². The molecule has 1 saturated carbocycles.